The van der Waals surface area contributed by atoms with Crippen molar-refractivity contribution in [2.24, 2.45) is 0 Å². The lowest BCUT2D eigenvalue weighted by molar-refractivity contribution is 0.103. The van der Waals surface area contributed by atoms with Crippen molar-refractivity contribution >= 4 is 34.6 Å². The van der Waals surface area contributed by atoms with Crippen molar-refractivity contribution in [3.63, 3.8) is 0 Å². The fraction of sp³-hybridized carbons (Fsp3) is 0.150. The molecule has 4 rings (SSSR count). The number of aromatic nitrogens is 1. The van der Waals surface area contributed by atoms with Gasteiger partial charge >= 0.3 is 6.03 Å². The lowest BCUT2D eigenvalue weighted by atomic mass is 10.2. The van der Waals surface area contributed by atoms with Crippen LogP contribution < -0.4 is 15.5 Å². The Morgan fingerprint density at radius 3 is 2.54 bits per heavy atom. The molecule has 2 N–H and O–H groups in total. The van der Waals surface area contributed by atoms with E-state index in [9.17, 15) is 14.0 Å². The summed E-state index contributed by atoms with van der Waals surface area (Å²) in [6.07, 6.45) is 0. The third-order valence-corrected chi connectivity index (χ3v) is 5.59. The van der Waals surface area contributed by atoms with E-state index in [0.29, 0.717) is 34.4 Å². The Kier molecular flexibility index (Phi) is 4.79. The lowest BCUT2D eigenvalue weighted by Gasteiger charge is -2.14. The fourth-order valence-electron chi connectivity index (χ4n) is 2.95. The number of nitrogens with zero attached hydrogens (tertiary/aromatic N) is 2. The molecule has 3 amide bonds. The van der Waals surface area contributed by atoms with E-state index in [4.69, 9.17) is 0 Å². The summed E-state index contributed by atoms with van der Waals surface area (Å²) in [6.45, 7) is 3.02. The number of halogens is 1. The Labute approximate surface area is 165 Å². The van der Waals surface area contributed by atoms with Gasteiger partial charge < -0.3 is 10.6 Å². The number of rotatable bonds is 4. The summed E-state index contributed by atoms with van der Waals surface area (Å²) in [5, 5.41) is 6.27. The normalized spacial score (nSPS) is 13.5. The molecule has 2 aromatic carbocycles. The Bertz CT molecular complexity index is 1030. The van der Waals surface area contributed by atoms with Crippen molar-refractivity contribution in [1.29, 1.82) is 0 Å². The second-order valence-corrected chi connectivity index (χ2v) is 7.32. The number of anilines is 2. The molecule has 0 saturated carbocycles. The first-order chi connectivity index (χ1) is 13.5. The molecular weight excluding hydrogens is 379 g/mol. The average molecular weight is 396 g/mol. The van der Waals surface area contributed by atoms with Crippen molar-refractivity contribution in [2.45, 2.75) is 6.92 Å². The van der Waals surface area contributed by atoms with Crippen LogP contribution in [0.2, 0.25) is 0 Å². The van der Waals surface area contributed by atoms with Crippen LogP contribution in [0.4, 0.5) is 20.6 Å². The number of amides is 3. The molecule has 8 heteroatoms. The van der Waals surface area contributed by atoms with Gasteiger partial charge in [0.1, 0.15) is 15.7 Å². The smallest absolute Gasteiger partial charge is 0.321 e. The topological polar surface area (TPSA) is 74.3 Å². The van der Waals surface area contributed by atoms with Crippen LogP contribution in [-0.2, 0) is 0 Å². The van der Waals surface area contributed by atoms with Crippen molar-refractivity contribution < 1.29 is 14.0 Å². The molecule has 0 aliphatic carbocycles. The molecule has 1 fully saturated rings. The first-order valence-corrected chi connectivity index (χ1v) is 9.53. The Morgan fingerprint density at radius 2 is 1.89 bits per heavy atom. The molecule has 0 unspecified atom stereocenters. The van der Waals surface area contributed by atoms with Crippen molar-refractivity contribution in [3.8, 4) is 10.6 Å². The van der Waals surface area contributed by atoms with Crippen molar-refractivity contribution in [1.82, 2.24) is 10.3 Å². The molecule has 28 heavy (non-hydrogen) atoms. The molecule has 0 atom stereocenters. The van der Waals surface area contributed by atoms with E-state index in [1.807, 2.05) is 0 Å². The third-order valence-electron chi connectivity index (χ3n) is 4.39. The molecule has 1 aliphatic rings. The van der Waals surface area contributed by atoms with E-state index in [1.165, 1.54) is 23.5 Å². The molecule has 1 saturated heterocycles. The molecule has 0 bridgehead atoms. The quantitative estimate of drug-likeness (QED) is 0.699. The summed E-state index contributed by atoms with van der Waals surface area (Å²) >= 11 is 1.26. The number of nitrogens with one attached hydrogen (secondary N) is 2. The molecule has 1 aromatic heterocycles. The van der Waals surface area contributed by atoms with E-state index >= 15 is 0 Å². The van der Waals surface area contributed by atoms with E-state index in [-0.39, 0.29) is 17.8 Å². The number of carbonyl (C=O) groups excluding carboxylic acids is 2. The van der Waals surface area contributed by atoms with E-state index in [0.717, 1.165) is 11.3 Å². The zero-order valence-electron chi connectivity index (χ0n) is 15.0. The van der Waals surface area contributed by atoms with Crippen LogP contribution >= 0.6 is 11.3 Å². The fourth-order valence-corrected chi connectivity index (χ4v) is 3.92. The molecule has 0 spiro atoms. The maximum Gasteiger partial charge on any atom is 0.321 e. The molecule has 0 radical (unpaired) electrons. The van der Waals surface area contributed by atoms with Gasteiger partial charge in [-0.1, -0.05) is 0 Å². The van der Waals surface area contributed by atoms with Crippen LogP contribution in [0.3, 0.4) is 0 Å². The number of hydrogen-bond acceptors (Lipinski definition) is 4. The highest BCUT2D eigenvalue weighted by molar-refractivity contribution is 7.17. The number of hydrogen-bond donors (Lipinski definition) is 2. The minimum absolute atomic E-state index is 0.120. The summed E-state index contributed by atoms with van der Waals surface area (Å²) in [6, 6.07) is 13.0. The maximum absolute atomic E-state index is 13.1. The predicted molar refractivity (Wildman–Crippen MR) is 107 cm³/mol. The minimum Gasteiger partial charge on any atom is -0.336 e. The number of urea groups is 1. The highest BCUT2D eigenvalue weighted by Crippen LogP contribution is 2.29. The van der Waals surface area contributed by atoms with Crippen LogP contribution in [0.5, 0.6) is 0 Å². The van der Waals surface area contributed by atoms with Crippen LogP contribution in [0.25, 0.3) is 10.6 Å². The van der Waals surface area contributed by atoms with Crippen LogP contribution in [0.15, 0.2) is 48.5 Å². The van der Waals surface area contributed by atoms with Crippen molar-refractivity contribution in [3.05, 3.63) is 64.9 Å². The number of aryl methyl sites for hydroxylation is 1. The van der Waals surface area contributed by atoms with E-state index in [1.54, 1.807) is 48.2 Å². The minimum atomic E-state index is -0.315. The molecule has 1 aliphatic heterocycles. The van der Waals surface area contributed by atoms with Crippen LogP contribution in [0.1, 0.15) is 15.4 Å². The third kappa shape index (κ3) is 3.59. The average Bonchev–Trinajstić information content (AvgIpc) is 3.29. The van der Waals surface area contributed by atoms with Gasteiger partial charge in [-0.3, -0.25) is 9.69 Å². The van der Waals surface area contributed by atoms with Crippen LogP contribution in [-0.4, -0.2) is 30.0 Å². The van der Waals surface area contributed by atoms with Crippen molar-refractivity contribution in [2.75, 3.05) is 23.3 Å². The van der Waals surface area contributed by atoms with Gasteiger partial charge in [-0.15, -0.1) is 11.3 Å². The summed E-state index contributed by atoms with van der Waals surface area (Å²) < 4.78 is 13.1. The highest BCUT2D eigenvalue weighted by atomic mass is 32.1. The monoisotopic (exact) mass is 396 g/mol. The largest absolute Gasteiger partial charge is 0.336 e. The molecule has 2 heterocycles. The first-order valence-electron chi connectivity index (χ1n) is 8.71. The molecule has 3 aromatic rings. The first kappa shape index (κ1) is 18.1. The zero-order chi connectivity index (χ0) is 19.7. The lowest BCUT2D eigenvalue weighted by Crippen LogP contribution is -2.27. The van der Waals surface area contributed by atoms with Crippen LogP contribution in [0, 0.1) is 12.7 Å². The molecule has 6 nitrogen and oxygen atoms in total. The summed E-state index contributed by atoms with van der Waals surface area (Å²) in [5.41, 5.74) is 2.79. The number of benzene rings is 2. The Morgan fingerprint density at radius 1 is 1.18 bits per heavy atom. The van der Waals surface area contributed by atoms with Gasteiger partial charge in [0.25, 0.3) is 5.91 Å². The van der Waals surface area contributed by atoms with Gasteiger partial charge in [0, 0.05) is 30.0 Å². The van der Waals surface area contributed by atoms with Gasteiger partial charge in [0.2, 0.25) is 0 Å². The molecule has 142 valence electrons. The second kappa shape index (κ2) is 7.40. The standard InChI is InChI=1S/C20H17FN4O2S/c1-12-17(28-19(23-12)13-2-4-14(21)5-3-13)18(26)24-15-6-8-16(9-7-15)25-11-10-22-20(25)27/h2-9H,10-11H2,1H3,(H,22,27)(H,24,26). The van der Waals surface area contributed by atoms with E-state index in [2.05, 4.69) is 15.6 Å². The second-order valence-electron chi connectivity index (χ2n) is 6.33. The number of thiazole rings is 1. The van der Waals surface area contributed by atoms with Gasteiger partial charge in [0.05, 0.1) is 5.69 Å². The molecular formula is C20H17FN4O2S. The zero-order valence-corrected chi connectivity index (χ0v) is 15.8. The summed E-state index contributed by atoms with van der Waals surface area (Å²) in [5.74, 6) is -0.570. The van der Waals surface area contributed by atoms with Gasteiger partial charge in [-0.2, -0.15) is 0 Å². The predicted octanol–water partition coefficient (Wildman–Crippen LogP) is 4.04. The van der Waals surface area contributed by atoms with E-state index < -0.39 is 0 Å². The van der Waals surface area contributed by atoms with Gasteiger partial charge in [0.15, 0.2) is 0 Å². The Balaban J connectivity index is 1.49. The van der Waals surface area contributed by atoms with Gasteiger partial charge in [-0.25, -0.2) is 14.2 Å². The maximum atomic E-state index is 13.1. The summed E-state index contributed by atoms with van der Waals surface area (Å²) in [7, 11) is 0. The highest BCUT2D eigenvalue weighted by Gasteiger charge is 2.21. The Hall–Kier alpha value is -3.26. The SMILES string of the molecule is Cc1nc(-c2ccc(F)cc2)sc1C(=O)Nc1ccc(N2CCNC2=O)cc1. The number of carbonyl (C=O) groups is 2. The summed E-state index contributed by atoms with van der Waals surface area (Å²) in [4.78, 5) is 30.9. The van der Waals surface area contributed by atoms with Gasteiger partial charge in [-0.05, 0) is 55.5 Å².